The molecule has 1 aliphatic rings. The smallest absolute Gasteiger partial charge is 0.223 e. The van der Waals surface area contributed by atoms with Crippen molar-refractivity contribution in [3.8, 4) is 22.8 Å². The SMILES string of the molecule is COc1cc(-c2cc3cc(CCC(=O)N4C[C@@H](C)O[C@@H](C)C4)ccc3o2)ccc1O. The summed E-state index contributed by atoms with van der Waals surface area (Å²) in [6, 6.07) is 13.1. The monoisotopic (exact) mass is 409 g/mol. The number of aryl methyl sites for hydroxylation is 1. The molecule has 1 saturated heterocycles. The molecule has 2 aromatic carbocycles. The van der Waals surface area contributed by atoms with E-state index in [9.17, 15) is 9.90 Å². The number of morpholine rings is 1. The molecule has 1 aliphatic heterocycles. The van der Waals surface area contributed by atoms with Gasteiger partial charge >= 0.3 is 0 Å². The first-order valence-corrected chi connectivity index (χ1v) is 10.3. The van der Waals surface area contributed by atoms with E-state index in [2.05, 4.69) is 6.07 Å². The van der Waals surface area contributed by atoms with Crippen LogP contribution in [0.4, 0.5) is 0 Å². The van der Waals surface area contributed by atoms with Gasteiger partial charge in [0.25, 0.3) is 0 Å². The van der Waals surface area contributed by atoms with Crippen LogP contribution in [0.3, 0.4) is 0 Å². The van der Waals surface area contributed by atoms with Gasteiger partial charge in [-0.3, -0.25) is 4.79 Å². The van der Waals surface area contributed by atoms with Crippen LogP contribution in [0.2, 0.25) is 0 Å². The van der Waals surface area contributed by atoms with Gasteiger partial charge < -0.3 is 23.9 Å². The van der Waals surface area contributed by atoms with E-state index in [1.54, 1.807) is 18.2 Å². The third-order valence-electron chi connectivity index (χ3n) is 5.44. The standard InChI is InChI=1S/C24H27NO5/c1-15-13-25(14-16(2)29-15)24(27)9-5-17-4-8-21-19(10-17)12-22(30-21)18-6-7-20(26)23(11-18)28-3/h4,6-8,10-12,15-16,26H,5,9,13-14H2,1-3H3/t15-,16+. The van der Waals surface area contributed by atoms with E-state index in [0.29, 0.717) is 37.4 Å². The summed E-state index contributed by atoms with van der Waals surface area (Å²) < 4.78 is 16.9. The molecule has 158 valence electrons. The van der Waals surface area contributed by atoms with Gasteiger partial charge in [-0.15, -0.1) is 0 Å². The van der Waals surface area contributed by atoms with Crippen LogP contribution in [0.1, 0.15) is 25.8 Å². The van der Waals surface area contributed by atoms with Crippen LogP contribution in [-0.4, -0.2) is 48.3 Å². The summed E-state index contributed by atoms with van der Waals surface area (Å²) in [7, 11) is 1.52. The van der Waals surface area contributed by atoms with Crippen molar-refractivity contribution in [2.75, 3.05) is 20.2 Å². The van der Waals surface area contributed by atoms with Crippen molar-refractivity contribution in [2.45, 2.75) is 38.9 Å². The van der Waals surface area contributed by atoms with E-state index in [1.807, 2.05) is 36.9 Å². The summed E-state index contributed by atoms with van der Waals surface area (Å²) in [5, 5.41) is 10.8. The third kappa shape index (κ3) is 4.28. The van der Waals surface area contributed by atoms with Crippen molar-refractivity contribution in [2.24, 2.45) is 0 Å². The van der Waals surface area contributed by atoms with Crippen LogP contribution in [0.5, 0.6) is 11.5 Å². The predicted molar refractivity (Wildman–Crippen MR) is 115 cm³/mol. The maximum absolute atomic E-state index is 12.6. The van der Waals surface area contributed by atoms with E-state index < -0.39 is 0 Å². The largest absolute Gasteiger partial charge is 0.504 e. The van der Waals surface area contributed by atoms with Crippen LogP contribution < -0.4 is 4.74 Å². The molecule has 3 aromatic rings. The first-order chi connectivity index (χ1) is 14.4. The fraction of sp³-hybridized carbons (Fsp3) is 0.375. The number of ether oxygens (including phenoxy) is 2. The van der Waals surface area contributed by atoms with Gasteiger partial charge in [-0.05, 0) is 62.2 Å². The zero-order chi connectivity index (χ0) is 21.3. The van der Waals surface area contributed by atoms with Gasteiger partial charge in [0.2, 0.25) is 5.91 Å². The van der Waals surface area contributed by atoms with Gasteiger partial charge in [0.1, 0.15) is 11.3 Å². The fourth-order valence-corrected chi connectivity index (χ4v) is 4.01. The predicted octanol–water partition coefficient (Wildman–Crippen LogP) is 4.38. The van der Waals surface area contributed by atoms with Crippen LogP contribution in [0, 0.1) is 0 Å². The summed E-state index contributed by atoms with van der Waals surface area (Å²) in [5.41, 5.74) is 2.71. The lowest BCUT2D eigenvalue weighted by Gasteiger charge is -2.35. The Morgan fingerprint density at radius 3 is 2.63 bits per heavy atom. The number of phenols is 1. The Balaban J connectivity index is 1.47. The van der Waals surface area contributed by atoms with Gasteiger partial charge in [-0.2, -0.15) is 0 Å². The Kier molecular flexibility index (Phi) is 5.68. The minimum Gasteiger partial charge on any atom is -0.504 e. The van der Waals surface area contributed by atoms with E-state index in [0.717, 1.165) is 22.1 Å². The lowest BCUT2D eigenvalue weighted by Crippen LogP contribution is -2.48. The van der Waals surface area contributed by atoms with Crippen molar-refractivity contribution in [3.05, 3.63) is 48.0 Å². The molecular weight excluding hydrogens is 382 g/mol. The highest BCUT2D eigenvalue weighted by Gasteiger charge is 2.25. The minimum absolute atomic E-state index is 0.0805. The van der Waals surface area contributed by atoms with Crippen LogP contribution in [-0.2, 0) is 16.0 Å². The zero-order valence-corrected chi connectivity index (χ0v) is 17.6. The van der Waals surface area contributed by atoms with E-state index in [-0.39, 0.29) is 23.9 Å². The second-order valence-corrected chi connectivity index (χ2v) is 7.93. The summed E-state index contributed by atoms with van der Waals surface area (Å²) in [4.78, 5) is 14.5. The quantitative estimate of drug-likeness (QED) is 0.677. The number of rotatable bonds is 5. The molecule has 6 heteroatoms. The van der Waals surface area contributed by atoms with Gasteiger partial charge in [0.15, 0.2) is 11.5 Å². The molecule has 1 N–H and O–H groups in total. The molecular formula is C24H27NO5. The highest BCUT2D eigenvalue weighted by molar-refractivity contribution is 5.84. The van der Waals surface area contributed by atoms with Gasteiger partial charge in [0, 0.05) is 30.5 Å². The van der Waals surface area contributed by atoms with Gasteiger partial charge in [-0.1, -0.05) is 6.07 Å². The van der Waals surface area contributed by atoms with Crippen LogP contribution in [0.15, 0.2) is 46.9 Å². The number of nitrogens with zero attached hydrogens (tertiary/aromatic N) is 1. The number of hydrogen-bond acceptors (Lipinski definition) is 5. The molecule has 1 amide bonds. The van der Waals surface area contributed by atoms with E-state index in [1.165, 1.54) is 7.11 Å². The third-order valence-corrected chi connectivity index (χ3v) is 5.44. The van der Waals surface area contributed by atoms with Gasteiger partial charge in [-0.25, -0.2) is 0 Å². The van der Waals surface area contributed by atoms with Crippen molar-refractivity contribution < 1.29 is 23.8 Å². The minimum atomic E-state index is 0.0805. The van der Waals surface area contributed by atoms with Crippen LogP contribution >= 0.6 is 0 Å². The highest BCUT2D eigenvalue weighted by atomic mass is 16.5. The lowest BCUT2D eigenvalue weighted by molar-refractivity contribution is -0.143. The number of carbonyl (C=O) groups excluding carboxylic acids is 1. The maximum Gasteiger partial charge on any atom is 0.223 e. The zero-order valence-electron chi connectivity index (χ0n) is 17.6. The highest BCUT2D eigenvalue weighted by Crippen LogP contribution is 2.34. The number of amides is 1. The van der Waals surface area contributed by atoms with E-state index >= 15 is 0 Å². The van der Waals surface area contributed by atoms with Gasteiger partial charge in [0.05, 0.1) is 19.3 Å². The normalized spacial score (nSPS) is 19.2. The summed E-state index contributed by atoms with van der Waals surface area (Å²) in [5.74, 6) is 1.36. The molecule has 0 bridgehead atoms. The number of benzene rings is 2. The average Bonchev–Trinajstić information content (AvgIpc) is 3.15. The summed E-state index contributed by atoms with van der Waals surface area (Å²) in [6.07, 6.45) is 1.32. The number of hydrogen-bond donors (Lipinski definition) is 1. The lowest BCUT2D eigenvalue weighted by atomic mass is 10.1. The molecule has 0 unspecified atom stereocenters. The molecule has 0 aliphatic carbocycles. The number of fused-ring (bicyclic) bond motifs is 1. The molecule has 2 atom stereocenters. The second kappa shape index (κ2) is 8.40. The Hall–Kier alpha value is -2.99. The summed E-state index contributed by atoms with van der Waals surface area (Å²) in [6.45, 7) is 5.32. The maximum atomic E-state index is 12.6. The number of aromatic hydroxyl groups is 1. The number of carbonyl (C=O) groups is 1. The molecule has 2 heterocycles. The first kappa shape index (κ1) is 20.3. The Morgan fingerprint density at radius 1 is 1.13 bits per heavy atom. The molecule has 4 rings (SSSR count). The fourth-order valence-electron chi connectivity index (χ4n) is 4.01. The molecule has 0 spiro atoms. The van der Waals surface area contributed by atoms with Crippen LogP contribution in [0.25, 0.3) is 22.3 Å². The Labute approximate surface area is 176 Å². The first-order valence-electron chi connectivity index (χ1n) is 10.3. The van der Waals surface area contributed by atoms with Crippen molar-refractivity contribution >= 4 is 16.9 Å². The summed E-state index contributed by atoms with van der Waals surface area (Å²) >= 11 is 0. The molecule has 1 fully saturated rings. The molecule has 30 heavy (non-hydrogen) atoms. The number of methoxy groups -OCH3 is 1. The Morgan fingerprint density at radius 2 is 1.90 bits per heavy atom. The molecule has 0 saturated carbocycles. The molecule has 6 nitrogen and oxygen atoms in total. The van der Waals surface area contributed by atoms with E-state index in [4.69, 9.17) is 13.9 Å². The average molecular weight is 409 g/mol. The second-order valence-electron chi connectivity index (χ2n) is 7.93. The van der Waals surface area contributed by atoms with Crippen molar-refractivity contribution in [1.82, 2.24) is 4.90 Å². The molecule has 0 radical (unpaired) electrons. The van der Waals surface area contributed by atoms with Crippen molar-refractivity contribution in [3.63, 3.8) is 0 Å². The number of phenolic OH excluding ortho intramolecular Hbond substituents is 1. The van der Waals surface area contributed by atoms with Crippen molar-refractivity contribution in [1.29, 1.82) is 0 Å². The topological polar surface area (TPSA) is 72.1 Å². The Bertz CT molecular complexity index is 1050. The number of furan rings is 1. The molecule has 1 aromatic heterocycles.